The lowest BCUT2D eigenvalue weighted by Crippen LogP contribution is -2.37. The number of hydrogen-bond donors (Lipinski definition) is 1. The van der Waals surface area contributed by atoms with Crippen LogP contribution in [0.15, 0.2) is 46.8 Å². The largest absolute Gasteiger partial charge is 0.467 e. The van der Waals surface area contributed by atoms with E-state index in [0.29, 0.717) is 35.7 Å². The molecule has 1 atom stereocenters. The van der Waals surface area contributed by atoms with Crippen molar-refractivity contribution >= 4 is 17.5 Å². The Morgan fingerprint density at radius 3 is 2.75 bits per heavy atom. The van der Waals surface area contributed by atoms with E-state index in [9.17, 15) is 4.79 Å². The lowest BCUT2D eigenvalue weighted by atomic mass is 10.1. The first kappa shape index (κ1) is 20.3. The van der Waals surface area contributed by atoms with Gasteiger partial charge >= 0.3 is 0 Å². The Kier molecular flexibility index (Phi) is 5.14. The number of rotatable bonds is 8. The maximum Gasteiger partial charge on any atom is 0.269 e. The fourth-order valence-corrected chi connectivity index (χ4v) is 3.77. The molecule has 1 aliphatic carbocycles. The van der Waals surface area contributed by atoms with Crippen LogP contribution in [-0.2, 0) is 27.4 Å². The van der Waals surface area contributed by atoms with Gasteiger partial charge in [0, 0.05) is 18.6 Å². The fraction of sp³-hybridized carbons (Fsp3) is 0.364. The van der Waals surface area contributed by atoms with Crippen molar-refractivity contribution in [2.45, 2.75) is 39.1 Å². The molecule has 10 nitrogen and oxygen atoms in total. The summed E-state index contributed by atoms with van der Waals surface area (Å²) in [4.78, 5) is 20.1. The highest BCUT2D eigenvalue weighted by Crippen LogP contribution is 2.45. The topological polar surface area (TPSA) is 122 Å². The van der Waals surface area contributed by atoms with Crippen molar-refractivity contribution in [2.75, 3.05) is 12.0 Å². The summed E-state index contributed by atoms with van der Waals surface area (Å²) in [5, 5.41) is 8.89. The minimum Gasteiger partial charge on any atom is -0.467 e. The van der Waals surface area contributed by atoms with E-state index in [2.05, 4.69) is 15.2 Å². The zero-order valence-corrected chi connectivity index (χ0v) is 17.9. The van der Waals surface area contributed by atoms with Gasteiger partial charge in [-0.3, -0.25) is 9.69 Å². The maximum absolute atomic E-state index is 12.5. The SMILES string of the molecule is COCc1coc(Cn2ncc(N3C(C(N)=O)=C(c4ccc(C)cc4)OC3C3CC3)n2)n1. The molecule has 1 aromatic carbocycles. The molecule has 2 N–H and O–H groups in total. The van der Waals surface area contributed by atoms with Gasteiger partial charge in [0.15, 0.2) is 23.5 Å². The van der Waals surface area contributed by atoms with Crippen LogP contribution in [0.1, 0.15) is 35.6 Å². The monoisotopic (exact) mass is 436 g/mol. The van der Waals surface area contributed by atoms with Crippen LogP contribution in [0.4, 0.5) is 5.82 Å². The molecule has 2 aromatic heterocycles. The van der Waals surface area contributed by atoms with Crippen LogP contribution in [0.2, 0.25) is 0 Å². The van der Waals surface area contributed by atoms with E-state index < -0.39 is 5.91 Å². The first-order valence-corrected chi connectivity index (χ1v) is 10.4. The van der Waals surface area contributed by atoms with Gasteiger partial charge in [0.05, 0.1) is 12.8 Å². The molecule has 3 aromatic rings. The van der Waals surface area contributed by atoms with Gasteiger partial charge in [-0.2, -0.15) is 9.90 Å². The third-order valence-corrected chi connectivity index (χ3v) is 5.46. The highest BCUT2D eigenvalue weighted by atomic mass is 16.5. The number of ether oxygens (including phenoxy) is 2. The zero-order chi connectivity index (χ0) is 22.2. The van der Waals surface area contributed by atoms with Crippen LogP contribution >= 0.6 is 0 Å². The minimum absolute atomic E-state index is 0.243. The first-order chi connectivity index (χ1) is 15.5. The van der Waals surface area contributed by atoms with Crippen LogP contribution < -0.4 is 10.6 Å². The predicted molar refractivity (Wildman–Crippen MR) is 114 cm³/mol. The highest BCUT2D eigenvalue weighted by molar-refractivity contribution is 6.03. The molecule has 1 amide bonds. The van der Waals surface area contributed by atoms with Gasteiger partial charge in [-0.15, -0.1) is 5.10 Å². The lowest BCUT2D eigenvalue weighted by molar-refractivity contribution is -0.114. The summed E-state index contributed by atoms with van der Waals surface area (Å²) < 4.78 is 16.8. The van der Waals surface area contributed by atoms with Crippen molar-refractivity contribution in [3.05, 3.63) is 65.1 Å². The van der Waals surface area contributed by atoms with Gasteiger partial charge in [0.2, 0.25) is 5.89 Å². The number of anilines is 1. The first-order valence-electron chi connectivity index (χ1n) is 10.4. The van der Waals surface area contributed by atoms with E-state index in [1.807, 2.05) is 31.2 Å². The Bertz CT molecular complexity index is 1160. The smallest absolute Gasteiger partial charge is 0.269 e. The molecular weight excluding hydrogens is 412 g/mol. The molecule has 1 fully saturated rings. The quantitative estimate of drug-likeness (QED) is 0.570. The van der Waals surface area contributed by atoms with E-state index >= 15 is 0 Å². The average Bonchev–Trinajstić information content (AvgIpc) is 3.17. The maximum atomic E-state index is 12.5. The number of oxazole rings is 1. The third-order valence-electron chi connectivity index (χ3n) is 5.46. The number of hydrogen-bond acceptors (Lipinski definition) is 8. The van der Waals surface area contributed by atoms with Crippen LogP contribution in [-0.4, -0.2) is 39.2 Å². The number of carbonyl (C=O) groups excluding carboxylic acids is 1. The Morgan fingerprint density at radius 2 is 2.06 bits per heavy atom. The van der Waals surface area contributed by atoms with Gasteiger partial charge < -0.3 is 19.6 Å². The van der Waals surface area contributed by atoms with E-state index in [-0.39, 0.29) is 18.5 Å². The number of primary amides is 1. The van der Waals surface area contributed by atoms with Gasteiger partial charge in [-0.1, -0.05) is 29.8 Å². The number of aromatic nitrogens is 4. The van der Waals surface area contributed by atoms with Gasteiger partial charge in [0.25, 0.3) is 5.91 Å². The average molecular weight is 436 g/mol. The Labute approximate surface area is 184 Å². The van der Waals surface area contributed by atoms with Crippen LogP contribution in [0.3, 0.4) is 0 Å². The Morgan fingerprint density at radius 1 is 1.28 bits per heavy atom. The van der Waals surface area contributed by atoms with Crippen molar-refractivity contribution in [3.63, 3.8) is 0 Å². The Hall–Kier alpha value is -3.66. The van der Waals surface area contributed by atoms with Crippen molar-refractivity contribution in [2.24, 2.45) is 11.7 Å². The van der Waals surface area contributed by atoms with Crippen LogP contribution in [0.25, 0.3) is 5.76 Å². The third kappa shape index (κ3) is 3.84. The van der Waals surface area contributed by atoms with Crippen molar-refractivity contribution in [1.29, 1.82) is 0 Å². The number of nitrogens with zero attached hydrogens (tertiary/aromatic N) is 5. The second-order valence-electron chi connectivity index (χ2n) is 8.02. The van der Waals surface area contributed by atoms with Crippen molar-refractivity contribution in [3.8, 4) is 0 Å². The lowest BCUT2D eigenvalue weighted by Gasteiger charge is -2.23. The number of nitrogens with two attached hydrogens (primary N) is 1. The highest BCUT2D eigenvalue weighted by Gasteiger charge is 2.47. The standard InChI is InChI=1S/C22H24N6O4/c1-13-3-5-14(6-4-13)20-19(21(23)29)28(22(32-20)15-7-8-15)17-9-24-27(26-17)10-18-25-16(11-30-2)12-31-18/h3-6,9,12,15,22H,7-8,10-11H2,1-2H3,(H2,23,29). The second-order valence-corrected chi connectivity index (χ2v) is 8.02. The van der Waals surface area contributed by atoms with Gasteiger partial charge in [0.1, 0.15) is 18.5 Å². The van der Waals surface area contributed by atoms with Crippen LogP contribution in [0.5, 0.6) is 0 Å². The summed E-state index contributed by atoms with van der Waals surface area (Å²) in [5.41, 5.74) is 8.72. The molecule has 10 heteroatoms. The molecule has 1 aliphatic heterocycles. The van der Waals surface area contributed by atoms with E-state index in [1.165, 1.54) is 4.80 Å². The molecule has 0 bridgehead atoms. The van der Waals surface area contributed by atoms with Gasteiger partial charge in [-0.25, -0.2) is 4.98 Å². The summed E-state index contributed by atoms with van der Waals surface area (Å²) in [6.07, 6.45) is 4.82. The Balaban J connectivity index is 1.47. The zero-order valence-electron chi connectivity index (χ0n) is 17.9. The summed E-state index contributed by atoms with van der Waals surface area (Å²) in [6.45, 7) is 2.61. The van der Waals surface area contributed by atoms with Crippen molar-refractivity contribution in [1.82, 2.24) is 20.0 Å². The molecule has 0 radical (unpaired) electrons. The van der Waals surface area contributed by atoms with Crippen LogP contribution in [0, 0.1) is 12.8 Å². The van der Waals surface area contributed by atoms with E-state index in [1.54, 1.807) is 24.5 Å². The molecule has 166 valence electrons. The van der Waals surface area contributed by atoms with Gasteiger partial charge in [-0.05, 0) is 19.8 Å². The fourth-order valence-electron chi connectivity index (χ4n) is 3.77. The molecule has 2 aliphatic rings. The number of benzene rings is 1. The number of methoxy groups -OCH3 is 1. The summed E-state index contributed by atoms with van der Waals surface area (Å²) in [5.74, 6) is 1.14. The van der Waals surface area contributed by atoms with E-state index in [4.69, 9.17) is 19.6 Å². The summed E-state index contributed by atoms with van der Waals surface area (Å²) in [6, 6.07) is 7.81. The molecule has 0 saturated heterocycles. The molecule has 1 saturated carbocycles. The predicted octanol–water partition coefficient (Wildman–Crippen LogP) is 2.20. The summed E-state index contributed by atoms with van der Waals surface area (Å²) in [7, 11) is 1.60. The molecule has 3 heterocycles. The summed E-state index contributed by atoms with van der Waals surface area (Å²) >= 11 is 0. The van der Waals surface area contributed by atoms with E-state index in [0.717, 1.165) is 24.0 Å². The normalized spacial score (nSPS) is 18.3. The molecular formula is C22H24N6O4. The molecule has 5 rings (SSSR count). The minimum atomic E-state index is -0.574. The van der Waals surface area contributed by atoms with Crippen molar-refractivity contribution < 1.29 is 18.7 Å². The second kappa shape index (κ2) is 8.12. The number of carbonyl (C=O) groups is 1. The molecule has 0 spiro atoms. The number of amides is 1. The molecule has 1 unspecified atom stereocenters. The molecule has 32 heavy (non-hydrogen) atoms. The number of aryl methyl sites for hydroxylation is 1.